The molecule has 2 aliphatic rings. The van der Waals surface area contributed by atoms with Gasteiger partial charge in [-0.1, -0.05) is 36.4 Å². The zero-order chi connectivity index (χ0) is 16.3. The summed E-state index contributed by atoms with van der Waals surface area (Å²) in [5.74, 6) is 1.22. The number of hydrogen-bond donors (Lipinski definition) is 0. The van der Waals surface area contributed by atoms with E-state index in [0.717, 1.165) is 36.1 Å². The van der Waals surface area contributed by atoms with E-state index in [4.69, 9.17) is 4.74 Å². The van der Waals surface area contributed by atoms with E-state index in [0.29, 0.717) is 6.42 Å². The van der Waals surface area contributed by atoms with Crippen molar-refractivity contribution < 1.29 is 4.74 Å². The molecule has 23 heavy (non-hydrogen) atoms. The summed E-state index contributed by atoms with van der Waals surface area (Å²) in [6.45, 7) is 0. The molecule has 0 unspecified atom stereocenters. The van der Waals surface area contributed by atoms with Gasteiger partial charge in [0.15, 0.2) is 5.41 Å². The van der Waals surface area contributed by atoms with E-state index >= 15 is 0 Å². The molecule has 0 spiro atoms. The first kappa shape index (κ1) is 15.4. The van der Waals surface area contributed by atoms with Crippen molar-refractivity contribution in [2.45, 2.75) is 31.6 Å². The molecule has 116 valence electrons. The Morgan fingerprint density at radius 2 is 2.00 bits per heavy atom. The maximum absolute atomic E-state index is 9.69. The number of para-hydroxylation sites is 1. The molecule has 0 N–H and O–H groups in total. The van der Waals surface area contributed by atoms with E-state index < -0.39 is 5.41 Å². The van der Waals surface area contributed by atoms with Crippen LogP contribution in [0.15, 0.2) is 48.1 Å². The highest BCUT2D eigenvalue weighted by Crippen LogP contribution is 2.50. The van der Waals surface area contributed by atoms with Gasteiger partial charge in [-0.2, -0.15) is 10.5 Å². The molecule has 0 aliphatic heterocycles. The van der Waals surface area contributed by atoms with Gasteiger partial charge in [-0.05, 0) is 36.8 Å². The van der Waals surface area contributed by atoms with E-state index in [9.17, 15) is 10.5 Å². The summed E-state index contributed by atoms with van der Waals surface area (Å²) in [6.07, 6.45) is 9.82. The van der Waals surface area contributed by atoms with Gasteiger partial charge in [-0.25, -0.2) is 0 Å². The summed E-state index contributed by atoms with van der Waals surface area (Å²) in [5.41, 5.74) is 1.13. The van der Waals surface area contributed by atoms with Crippen LogP contribution in [0.4, 0.5) is 0 Å². The van der Waals surface area contributed by atoms with Crippen molar-refractivity contribution in [1.82, 2.24) is 0 Å². The standard InChI is InChI=1S/C20H20N2O/c1-23-19-11-5-3-8-17(19)15-9-6-12-20(13-21,14-22)18-10-4-2-7-16(15)18/h3,5-6,8-11,15-16H,2,4,7,12H2,1H3/t15-,16+/m1/s1. The van der Waals surface area contributed by atoms with Crippen LogP contribution in [-0.2, 0) is 0 Å². The topological polar surface area (TPSA) is 56.8 Å². The van der Waals surface area contributed by atoms with E-state index in [1.807, 2.05) is 24.3 Å². The molecule has 0 amide bonds. The average molecular weight is 304 g/mol. The Labute approximate surface area is 137 Å². The lowest BCUT2D eigenvalue weighted by Crippen LogP contribution is -2.27. The number of ether oxygens (including phenoxy) is 1. The summed E-state index contributed by atoms with van der Waals surface area (Å²) in [4.78, 5) is 0. The zero-order valence-electron chi connectivity index (χ0n) is 13.3. The Balaban J connectivity index is 2.11. The number of rotatable bonds is 2. The Kier molecular flexibility index (Phi) is 4.22. The lowest BCUT2D eigenvalue weighted by molar-refractivity contribution is 0.385. The van der Waals surface area contributed by atoms with Gasteiger partial charge in [0.25, 0.3) is 0 Å². The van der Waals surface area contributed by atoms with Crippen molar-refractivity contribution in [2.24, 2.45) is 11.3 Å². The van der Waals surface area contributed by atoms with Crippen molar-refractivity contribution in [3.8, 4) is 17.9 Å². The largest absolute Gasteiger partial charge is 0.496 e. The minimum absolute atomic E-state index is 0.154. The summed E-state index contributed by atoms with van der Waals surface area (Å²) >= 11 is 0. The maximum atomic E-state index is 9.69. The fourth-order valence-corrected chi connectivity index (χ4v) is 3.92. The number of allylic oxidation sites excluding steroid dienone is 4. The molecule has 3 rings (SSSR count). The third kappa shape index (κ3) is 2.53. The third-order valence-corrected chi connectivity index (χ3v) is 5.06. The van der Waals surface area contributed by atoms with Crippen molar-refractivity contribution in [1.29, 1.82) is 10.5 Å². The minimum atomic E-state index is -1.02. The summed E-state index contributed by atoms with van der Waals surface area (Å²) in [7, 11) is 1.69. The summed E-state index contributed by atoms with van der Waals surface area (Å²) < 4.78 is 5.54. The second-order valence-corrected chi connectivity index (χ2v) is 6.23. The van der Waals surface area contributed by atoms with Crippen LogP contribution in [0.3, 0.4) is 0 Å². The van der Waals surface area contributed by atoms with Gasteiger partial charge in [-0.3, -0.25) is 0 Å². The maximum Gasteiger partial charge on any atom is 0.168 e. The van der Waals surface area contributed by atoms with Crippen molar-refractivity contribution in [3.63, 3.8) is 0 Å². The lowest BCUT2D eigenvalue weighted by Gasteiger charge is -2.34. The molecule has 1 aromatic carbocycles. The van der Waals surface area contributed by atoms with Crippen LogP contribution in [0, 0.1) is 34.0 Å². The van der Waals surface area contributed by atoms with E-state index in [2.05, 4.69) is 30.4 Å². The van der Waals surface area contributed by atoms with Crippen LogP contribution in [0.25, 0.3) is 0 Å². The smallest absolute Gasteiger partial charge is 0.168 e. The molecular weight excluding hydrogens is 284 g/mol. The Morgan fingerprint density at radius 1 is 1.22 bits per heavy atom. The number of nitrogens with zero attached hydrogens (tertiary/aromatic N) is 2. The molecule has 0 saturated carbocycles. The normalized spacial score (nSPS) is 25.3. The molecule has 0 fully saturated rings. The molecule has 0 radical (unpaired) electrons. The molecule has 0 saturated heterocycles. The van der Waals surface area contributed by atoms with E-state index in [-0.39, 0.29) is 11.8 Å². The SMILES string of the molecule is COc1ccccc1[C@@H]1C=CCC(C#N)(C#N)C2=CCCC[C@H]21. The van der Waals surface area contributed by atoms with Crippen molar-refractivity contribution in [2.75, 3.05) is 7.11 Å². The number of benzene rings is 1. The second kappa shape index (κ2) is 6.31. The molecular formula is C20H20N2O. The monoisotopic (exact) mass is 304 g/mol. The predicted octanol–water partition coefficient (Wildman–Crippen LogP) is 4.50. The van der Waals surface area contributed by atoms with Gasteiger partial charge in [0.05, 0.1) is 19.2 Å². The third-order valence-electron chi connectivity index (χ3n) is 5.06. The Hall–Kier alpha value is -2.52. The van der Waals surface area contributed by atoms with Gasteiger partial charge in [0.2, 0.25) is 0 Å². The Morgan fingerprint density at radius 3 is 2.74 bits per heavy atom. The first-order chi connectivity index (χ1) is 11.3. The highest BCUT2D eigenvalue weighted by atomic mass is 16.5. The van der Waals surface area contributed by atoms with Crippen molar-refractivity contribution in [3.05, 3.63) is 53.6 Å². The predicted molar refractivity (Wildman–Crippen MR) is 88.6 cm³/mol. The average Bonchev–Trinajstić information content (AvgIpc) is 2.79. The van der Waals surface area contributed by atoms with Gasteiger partial charge in [0.1, 0.15) is 5.75 Å². The van der Waals surface area contributed by atoms with Gasteiger partial charge >= 0.3 is 0 Å². The number of methoxy groups -OCH3 is 1. The van der Waals surface area contributed by atoms with Gasteiger partial charge in [-0.15, -0.1) is 0 Å². The number of fused-ring (bicyclic) bond motifs is 1. The molecule has 3 nitrogen and oxygen atoms in total. The fraction of sp³-hybridized carbons (Fsp3) is 0.400. The molecule has 3 heteroatoms. The molecule has 0 aromatic heterocycles. The number of hydrogen-bond acceptors (Lipinski definition) is 3. The van der Waals surface area contributed by atoms with Crippen LogP contribution in [-0.4, -0.2) is 7.11 Å². The van der Waals surface area contributed by atoms with Gasteiger partial charge in [0, 0.05) is 17.9 Å². The second-order valence-electron chi connectivity index (χ2n) is 6.23. The van der Waals surface area contributed by atoms with Crippen LogP contribution in [0.1, 0.15) is 37.2 Å². The molecule has 0 bridgehead atoms. The summed E-state index contributed by atoms with van der Waals surface area (Å²) in [6, 6.07) is 12.6. The first-order valence-electron chi connectivity index (χ1n) is 8.08. The van der Waals surface area contributed by atoms with Gasteiger partial charge < -0.3 is 4.74 Å². The zero-order valence-corrected chi connectivity index (χ0v) is 13.3. The van der Waals surface area contributed by atoms with E-state index in [1.54, 1.807) is 7.11 Å². The fourth-order valence-electron chi connectivity index (χ4n) is 3.92. The summed E-state index contributed by atoms with van der Waals surface area (Å²) in [5, 5.41) is 19.4. The molecule has 0 heterocycles. The molecule has 2 atom stereocenters. The molecule has 1 aromatic rings. The lowest BCUT2D eigenvalue weighted by atomic mass is 9.67. The highest BCUT2D eigenvalue weighted by Gasteiger charge is 2.43. The quantitative estimate of drug-likeness (QED) is 0.756. The van der Waals surface area contributed by atoms with Crippen LogP contribution >= 0.6 is 0 Å². The molecule has 2 aliphatic carbocycles. The first-order valence-corrected chi connectivity index (χ1v) is 8.08. The van der Waals surface area contributed by atoms with Crippen LogP contribution in [0.2, 0.25) is 0 Å². The van der Waals surface area contributed by atoms with E-state index in [1.165, 1.54) is 0 Å². The highest BCUT2D eigenvalue weighted by molar-refractivity contribution is 5.46. The van der Waals surface area contributed by atoms with Crippen LogP contribution < -0.4 is 4.74 Å². The number of nitriles is 2. The minimum Gasteiger partial charge on any atom is -0.496 e. The van der Waals surface area contributed by atoms with Crippen LogP contribution in [0.5, 0.6) is 5.75 Å². The Bertz CT molecular complexity index is 719. The van der Waals surface area contributed by atoms with Crippen molar-refractivity contribution >= 4 is 0 Å².